The third-order valence-corrected chi connectivity index (χ3v) is 5.59. The Morgan fingerprint density at radius 1 is 1.05 bits per heavy atom. The number of alkyl halides is 3. The van der Waals surface area contributed by atoms with E-state index >= 15 is 0 Å². The van der Waals surface area contributed by atoms with Crippen molar-refractivity contribution in [1.82, 2.24) is 5.32 Å². The lowest BCUT2D eigenvalue weighted by Gasteiger charge is -2.54. The van der Waals surface area contributed by atoms with Gasteiger partial charge in [-0.2, -0.15) is 13.2 Å². The Balaban J connectivity index is 1.71. The van der Waals surface area contributed by atoms with E-state index in [4.69, 9.17) is 5.73 Å². The zero-order valence-corrected chi connectivity index (χ0v) is 11.5. The molecule has 0 radical (unpaired) electrons. The fourth-order valence-electron chi connectivity index (χ4n) is 4.59. The molecule has 1 atom stereocenters. The van der Waals surface area contributed by atoms with Crippen molar-refractivity contribution in [2.75, 3.05) is 0 Å². The van der Waals surface area contributed by atoms with Crippen LogP contribution in [0.2, 0.25) is 0 Å². The Kier molecular flexibility index (Phi) is 3.09. The van der Waals surface area contributed by atoms with Crippen molar-refractivity contribution in [2.45, 2.75) is 56.8 Å². The average Bonchev–Trinajstić information content (AvgIpc) is 2.31. The van der Waals surface area contributed by atoms with Gasteiger partial charge in [-0.25, -0.2) is 0 Å². The van der Waals surface area contributed by atoms with Crippen molar-refractivity contribution in [3.05, 3.63) is 0 Å². The maximum Gasteiger partial charge on any atom is 0.415 e. The summed E-state index contributed by atoms with van der Waals surface area (Å²) in [5, 5.41) is 2.62. The summed E-state index contributed by atoms with van der Waals surface area (Å²) in [6, 6.07) is -0.111. The van der Waals surface area contributed by atoms with Gasteiger partial charge >= 0.3 is 6.18 Å². The SMILES string of the molecule is CC(N)(C(=O)NC1C2CC3CC(C2)CC1C3)C(F)(F)F. The molecule has 4 aliphatic rings. The van der Waals surface area contributed by atoms with Crippen LogP contribution in [0, 0.1) is 23.7 Å². The van der Waals surface area contributed by atoms with Crippen LogP contribution in [0.5, 0.6) is 0 Å². The molecule has 0 spiro atoms. The van der Waals surface area contributed by atoms with Gasteiger partial charge in [0.15, 0.2) is 5.54 Å². The third kappa shape index (κ3) is 2.12. The molecule has 0 saturated heterocycles. The molecule has 20 heavy (non-hydrogen) atoms. The number of hydrogen-bond acceptors (Lipinski definition) is 2. The molecule has 0 aromatic heterocycles. The number of rotatable bonds is 2. The number of halogens is 3. The second-order valence-corrected chi connectivity index (χ2v) is 7.13. The number of nitrogens with two attached hydrogens (primary N) is 1. The number of amides is 1. The van der Waals surface area contributed by atoms with Gasteiger partial charge in [0.1, 0.15) is 0 Å². The quantitative estimate of drug-likeness (QED) is 0.819. The molecular weight excluding hydrogens is 269 g/mol. The number of hydrogen-bond donors (Lipinski definition) is 2. The van der Waals surface area contributed by atoms with Crippen molar-refractivity contribution in [2.24, 2.45) is 29.4 Å². The van der Waals surface area contributed by atoms with Crippen LogP contribution >= 0.6 is 0 Å². The summed E-state index contributed by atoms with van der Waals surface area (Å²) >= 11 is 0. The fraction of sp³-hybridized carbons (Fsp3) is 0.929. The molecule has 6 heteroatoms. The molecule has 0 heterocycles. The molecule has 3 N–H and O–H groups in total. The first kappa shape index (κ1) is 14.2. The number of nitrogens with one attached hydrogen (secondary N) is 1. The maximum absolute atomic E-state index is 12.8. The van der Waals surface area contributed by atoms with E-state index in [1.165, 1.54) is 6.42 Å². The van der Waals surface area contributed by atoms with Crippen molar-refractivity contribution >= 4 is 5.91 Å². The van der Waals surface area contributed by atoms with E-state index in [1.54, 1.807) is 0 Å². The molecule has 0 aliphatic heterocycles. The molecule has 4 saturated carbocycles. The van der Waals surface area contributed by atoms with Gasteiger partial charge in [-0.3, -0.25) is 4.79 Å². The fourth-order valence-corrected chi connectivity index (χ4v) is 4.59. The van der Waals surface area contributed by atoms with Crippen LogP contribution in [-0.2, 0) is 4.79 Å². The van der Waals surface area contributed by atoms with E-state index in [0.717, 1.165) is 44.4 Å². The van der Waals surface area contributed by atoms with E-state index in [-0.39, 0.29) is 6.04 Å². The molecule has 4 bridgehead atoms. The second-order valence-electron chi connectivity index (χ2n) is 7.13. The van der Waals surface area contributed by atoms with Gasteiger partial charge in [0.05, 0.1) is 0 Å². The first-order chi connectivity index (χ1) is 9.18. The Hall–Kier alpha value is -0.780. The standard InChI is InChI=1S/C14H21F3N2O/c1-13(18,14(15,16)17)12(20)19-11-9-3-7-2-8(5-9)6-10(11)4-7/h7-11H,2-6,18H2,1H3,(H,19,20). The molecule has 1 amide bonds. The van der Waals surface area contributed by atoms with E-state index in [2.05, 4.69) is 5.32 Å². The molecule has 0 aromatic carbocycles. The van der Waals surface area contributed by atoms with Crippen LogP contribution in [0.25, 0.3) is 0 Å². The van der Waals surface area contributed by atoms with Crippen molar-refractivity contribution in [3.8, 4) is 0 Å². The largest absolute Gasteiger partial charge is 0.415 e. The lowest BCUT2D eigenvalue weighted by molar-refractivity contribution is -0.189. The smallest absolute Gasteiger partial charge is 0.351 e. The third-order valence-electron chi connectivity index (χ3n) is 5.59. The van der Waals surface area contributed by atoms with E-state index in [0.29, 0.717) is 11.8 Å². The monoisotopic (exact) mass is 290 g/mol. The molecule has 4 fully saturated rings. The van der Waals surface area contributed by atoms with Gasteiger partial charge in [0, 0.05) is 6.04 Å². The van der Waals surface area contributed by atoms with Crippen LogP contribution in [0.4, 0.5) is 13.2 Å². The van der Waals surface area contributed by atoms with Gasteiger partial charge in [-0.15, -0.1) is 0 Å². The Morgan fingerprint density at radius 2 is 1.50 bits per heavy atom. The highest BCUT2D eigenvalue weighted by Crippen LogP contribution is 2.53. The highest BCUT2D eigenvalue weighted by Gasteiger charge is 2.56. The molecule has 3 nitrogen and oxygen atoms in total. The molecule has 4 rings (SSSR count). The molecular formula is C14H21F3N2O. The van der Waals surface area contributed by atoms with Crippen LogP contribution in [-0.4, -0.2) is 23.7 Å². The van der Waals surface area contributed by atoms with E-state index in [1.807, 2.05) is 0 Å². The molecule has 4 aliphatic carbocycles. The minimum absolute atomic E-state index is 0.111. The second kappa shape index (κ2) is 4.36. The van der Waals surface area contributed by atoms with Gasteiger partial charge in [-0.05, 0) is 62.7 Å². The van der Waals surface area contributed by atoms with Gasteiger partial charge in [-0.1, -0.05) is 0 Å². The molecule has 114 valence electrons. The minimum atomic E-state index is -4.72. The summed E-state index contributed by atoms with van der Waals surface area (Å²) < 4.78 is 38.4. The van der Waals surface area contributed by atoms with E-state index in [9.17, 15) is 18.0 Å². The van der Waals surface area contributed by atoms with Crippen molar-refractivity contribution in [3.63, 3.8) is 0 Å². The van der Waals surface area contributed by atoms with E-state index < -0.39 is 17.6 Å². The summed E-state index contributed by atoms with van der Waals surface area (Å²) in [5.74, 6) is 1.05. The van der Waals surface area contributed by atoms with Crippen LogP contribution in [0.3, 0.4) is 0 Å². The molecule has 0 aromatic rings. The summed E-state index contributed by atoms with van der Waals surface area (Å²) in [5.41, 5.74) is 2.40. The Labute approximate surface area is 116 Å². The average molecular weight is 290 g/mol. The highest BCUT2D eigenvalue weighted by atomic mass is 19.4. The summed E-state index contributed by atoms with van der Waals surface area (Å²) in [6.45, 7) is 0.748. The van der Waals surface area contributed by atoms with Gasteiger partial charge < -0.3 is 11.1 Å². The predicted molar refractivity (Wildman–Crippen MR) is 67.6 cm³/mol. The normalized spacial score (nSPS) is 42.4. The van der Waals surface area contributed by atoms with Crippen molar-refractivity contribution < 1.29 is 18.0 Å². The molecule has 1 unspecified atom stereocenters. The Bertz CT molecular complexity index is 391. The Morgan fingerprint density at radius 3 is 1.90 bits per heavy atom. The topological polar surface area (TPSA) is 55.1 Å². The summed E-state index contributed by atoms with van der Waals surface area (Å²) in [7, 11) is 0. The minimum Gasteiger partial charge on any atom is -0.351 e. The van der Waals surface area contributed by atoms with Gasteiger partial charge in [0.2, 0.25) is 5.91 Å². The van der Waals surface area contributed by atoms with Crippen molar-refractivity contribution in [1.29, 1.82) is 0 Å². The lowest BCUT2D eigenvalue weighted by Crippen LogP contribution is -2.65. The van der Waals surface area contributed by atoms with Gasteiger partial charge in [0.25, 0.3) is 0 Å². The first-order valence-corrected chi connectivity index (χ1v) is 7.35. The predicted octanol–water partition coefficient (Wildman–Crippen LogP) is 2.21. The zero-order valence-electron chi connectivity index (χ0n) is 11.5. The van der Waals surface area contributed by atoms with Crippen LogP contribution in [0.15, 0.2) is 0 Å². The summed E-state index contributed by atoms with van der Waals surface area (Å²) in [4.78, 5) is 11.9. The first-order valence-electron chi connectivity index (χ1n) is 7.35. The van der Waals surface area contributed by atoms with Crippen LogP contribution in [0.1, 0.15) is 39.0 Å². The van der Waals surface area contributed by atoms with Crippen LogP contribution < -0.4 is 11.1 Å². The highest BCUT2D eigenvalue weighted by molar-refractivity contribution is 5.86. The lowest BCUT2D eigenvalue weighted by atomic mass is 9.54. The zero-order chi connectivity index (χ0) is 14.7. The summed E-state index contributed by atoms with van der Waals surface area (Å²) in [6.07, 6.45) is 0.737. The number of carbonyl (C=O) groups is 1. The maximum atomic E-state index is 12.8. The number of carbonyl (C=O) groups excluding carboxylic acids is 1.